The minimum absolute atomic E-state index is 0.00246. The van der Waals surface area contributed by atoms with Crippen LogP contribution in [0.3, 0.4) is 0 Å². The van der Waals surface area contributed by atoms with Crippen LogP contribution in [0.5, 0.6) is 5.75 Å². The number of guanidine groups is 1. The van der Waals surface area contributed by atoms with Gasteiger partial charge < -0.3 is 31.6 Å². The van der Waals surface area contributed by atoms with E-state index in [1.165, 1.54) is 6.07 Å². The summed E-state index contributed by atoms with van der Waals surface area (Å²) < 4.78 is 5.40. The zero-order valence-corrected chi connectivity index (χ0v) is 16.2. The molecule has 7 N–H and O–H groups in total. The molecule has 0 aromatic heterocycles. The lowest BCUT2D eigenvalue weighted by Gasteiger charge is -2.29. The minimum Gasteiger partial charge on any atom is -0.534 e. The molecule has 1 amide bonds. The number of carbonyl (C=O) groups excluding carboxylic acids is 1. The molecule has 1 aromatic rings. The molecular weight excluding hydrogens is 375 g/mol. The number of carbonyl (C=O) groups is 2. The predicted octanol–water partition coefficient (Wildman–Crippen LogP) is 0.437. The van der Waals surface area contributed by atoms with E-state index in [1.54, 1.807) is 12.1 Å². The molecular formula is C19H27BN4O5. The zero-order valence-electron chi connectivity index (χ0n) is 16.2. The number of nitrogens with one attached hydrogen (secondary N) is 1. The second kappa shape index (κ2) is 9.17. The first kappa shape index (κ1) is 21.0. The number of benzene rings is 1. The number of carboxylic acids is 1. The molecule has 0 bridgehead atoms. The fourth-order valence-electron chi connectivity index (χ4n) is 4.10. The smallest absolute Gasteiger partial charge is 0.534 e. The number of aromatic carboxylic acids is 1. The van der Waals surface area contributed by atoms with Crippen molar-refractivity contribution >= 4 is 25.0 Å². The van der Waals surface area contributed by atoms with Gasteiger partial charge in [0.25, 0.3) is 0 Å². The third-order valence-electron chi connectivity index (χ3n) is 5.62. The highest BCUT2D eigenvalue weighted by atomic mass is 16.5. The lowest BCUT2D eigenvalue weighted by molar-refractivity contribution is -0.121. The van der Waals surface area contributed by atoms with Gasteiger partial charge in [0.1, 0.15) is 5.75 Å². The highest BCUT2D eigenvalue weighted by Gasteiger charge is 2.37. The van der Waals surface area contributed by atoms with Crippen molar-refractivity contribution in [3.05, 3.63) is 29.3 Å². The molecule has 1 saturated carbocycles. The van der Waals surface area contributed by atoms with Gasteiger partial charge in [-0.1, -0.05) is 12.1 Å². The molecule has 29 heavy (non-hydrogen) atoms. The number of nitrogens with zero attached hydrogens (tertiary/aromatic N) is 1. The van der Waals surface area contributed by atoms with Crippen LogP contribution in [0.25, 0.3) is 0 Å². The number of para-hydroxylation sites is 1. The van der Waals surface area contributed by atoms with E-state index in [0.717, 1.165) is 32.1 Å². The van der Waals surface area contributed by atoms with Gasteiger partial charge in [-0.3, -0.25) is 9.79 Å². The summed E-state index contributed by atoms with van der Waals surface area (Å²) in [7, 11) is -1.29. The number of nitrogens with two attached hydrogens (primary N) is 2. The van der Waals surface area contributed by atoms with Gasteiger partial charge in [0.15, 0.2) is 5.96 Å². The molecule has 1 aliphatic heterocycles. The van der Waals surface area contributed by atoms with Crippen molar-refractivity contribution in [1.82, 2.24) is 5.32 Å². The molecule has 1 aliphatic carbocycles. The average Bonchev–Trinajstić information content (AvgIpc) is 2.67. The third-order valence-corrected chi connectivity index (χ3v) is 5.62. The third kappa shape index (κ3) is 5.41. The predicted molar refractivity (Wildman–Crippen MR) is 108 cm³/mol. The number of aliphatic imine (C=N–C) groups is 1. The van der Waals surface area contributed by atoms with Crippen LogP contribution in [-0.2, 0) is 11.2 Å². The van der Waals surface area contributed by atoms with Crippen LogP contribution in [0, 0.1) is 5.92 Å². The number of hydrogen-bond donors (Lipinski definition) is 5. The van der Waals surface area contributed by atoms with Crippen molar-refractivity contribution in [2.45, 2.75) is 56.9 Å². The molecule has 1 fully saturated rings. The average molecular weight is 402 g/mol. The fourth-order valence-corrected chi connectivity index (χ4v) is 4.10. The maximum Gasteiger partial charge on any atom is 0.547 e. The Balaban J connectivity index is 1.48. The Bertz CT molecular complexity index is 791. The Kier molecular flexibility index (Phi) is 6.63. The van der Waals surface area contributed by atoms with Gasteiger partial charge in [-0.25, -0.2) is 4.79 Å². The van der Waals surface area contributed by atoms with Crippen LogP contribution in [0.4, 0.5) is 0 Å². The van der Waals surface area contributed by atoms with E-state index in [2.05, 4.69) is 10.3 Å². The Morgan fingerprint density at radius 1 is 1.24 bits per heavy atom. The first-order valence-corrected chi connectivity index (χ1v) is 9.91. The highest BCUT2D eigenvalue weighted by Crippen LogP contribution is 2.31. The van der Waals surface area contributed by atoms with Gasteiger partial charge in [-0.15, -0.1) is 0 Å². The molecule has 0 saturated heterocycles. The SMILES string of the molecule is NC(N)=NC1CCC(CCC(=O)NC2Cc3cccc(C(=O)O)c3OB2O)CC1. The van der Waals surface area contributed by atoms with Crippen molar-refractivity contribution < 1.29 is 24.4 Å². The van der Waals surface area contributed by atoms with E-state index in [-0.39, 0.29) is 29.2 Å². The molecule has 156 valence electrons. The van der Waals surface area contributed by atoms with E-state index < -0.39 is 19.0 Å². The van der Waals surface area contributed by atoms with Crippen LogP contribution in [0.15, 0.2) is 23.2 Å². The molecule has 0 spiro atoms. The van der Waals surface area contributed by atoms with Crippen LogP contribution in [0.2, 0.25) is 0 Å². The van der Waals surface area contributed by atoms with Crippen molar-refractivity contribution in [3.8, 4) is 5.75 Å². The van der Waals surface area contributed by atoms with Crippen LogP contribution < -0.4 is 21.4 Å². The van der Waals surface area contributed by atoms with Crippen molar-refractivity contribution in [2.24, 2.45) is 22.4 Å². The lowest BCUT2D eigenvalue weighted by Crippen LogP contribution is -2.53. The molecule has 2 aliphatic rings. The normalized spacial score (nSPS) is 23.5. The topological polar surface area (TPSA) is 160 Å². The van der Waals surface area contributed by atoms with Crippen molar-refractivity contribution in [2.75, 3.05) is 0 Å². The summed E-state index contributed by atoms with van der Waals surface area (Å²) in [4.78, 5) is 27.9. The quantitative estimate of drug-likeness (QED) is 0.262. The summed E-state index contributed by atoms with van der Waals surface area (Å²) in [6.07, 6.45) is 5.24. The molecule has 1 unspecified atom stereocenters. The van der Waals surface area contributed by atoms with Crippen LogP contribution in [0.1, 0.15) is 54.4 Å². The maximum absolute atomic E-state index is 12.4. The summed E-state index contributed by atoms with van der Waals surface area (Å²) in [5.74, 6) is -1.14. The second-order valence-electron chi connectivity index (χ2n) is 7.75. The molecule has 0 radical (unpaired) electrons. The first-order valence-electron chi connectivity index (χ1n) is 9.91. The second-order valence-corrected chi connectivity index (χ2v) is 7.75. The van der Waals surface area contributed by atoms with Gasteiger partial charge in [-0.2, -0.15) is 0 Å². The standard InChI is InChI=1S/C19H27BN4O5/c21-19(22)23-13-7-4-11(5-8-13)6-9-16(25)24-15-10-12-2-1-3-14(18(26)27)17(12)29-20(15)28/h1-3,11,13,15,28H,4-10H2,(H,24,25)(H,26,27)(H4,21,22,23). The summed E-state index contributed by atoms with van der Waals surface area (Å²) in [5.41, 5.74) is 11.5. The monoisotopic (exact) mass is 402 g/mol. The Morgan fingerprint density at radius 3 is 2.62 bits per heavy atom. The Labute approximate surface area is 169 Å². The van der Waals surface area contributed by atoms with Gasteiger partial charge in [0.2, 0.25) is 5.91 Å². The molecule has 9 nitrogen and oxygen atoms in total. The van der Waals surface area contributed by atoms with E-state index in [1.807, 2.05) is 0 Å². The molecule has 1 atom stereocenters. The number of amides is 1. The number of carboxylic acid groups (broad SMARTS) is 1. The number of rotatable bonds is 6. The zero-order chi connectivity index (χ0) is 21.0. The largest absolute Gasteiger partial charge is 0.547 e. The first-order chi connectivity index (χ1) is 13.8. The number of fused-ring (bicyclic) bond motifs is 1. The lowest BCUT2D eigenvalue weighted by atomic mass is 9.72. The molecule has 10 heteroatoms. The summed E-state index contributed by atoms with van der Waals surface area (Å²) in [6.45, 7) is 0. The van der Waals surface area contributed by atoms with Crippen LogP contribution >= 0.6 is 0 Å². The van der Waals surface area contributed by atoms with Gasteiger partial charge in [0, 0.05) is 6.42 Å². The van der Waals surface area contributed by atoms with Crippen molar-refractivity contribution in [1.29, 1.82) is 0 Å². The highest BCUT2D eigenvalue weighted by molar-refractivity contribution is 6.47. The van der Waals surface area contributed by atoms with Crippen molar-refractivity contribution in [3.63, 3.8) is 0 Å². The summed E-state index contributed by atoms with van der Waals surface area (Å²) in [6, 6.07) is 4.97. The Hall–Kier alpha value is -2.75. The summed E-state index contributed by atoms with van der Waals surface area (Å²) in [5, 5.41) is 22.3. The molecule has 1 aromatic carbocycles. The maximum atomic E-state index is 12.4. The van der Waals surface area contributed by atoms with E-state index in [9.17, 15) is 19.7 Å². The van der Waals surface area contributed by atoms with Gasteiger partial charge in [-0.05, 0) is 56.1 Å². The fraction of sp³-hybridized carbons (Fsp3) is 0.526. The number of hydrogen-bond acceptors (Lipinski definition) is 5. The molecule has 1 heterocycles. The van der Waals surface area contributed by atoms with Gasteiger partial charge in [0.05, 0.1) is 17.5 Å². The van der Waals surface area contributed by atoms with Gasteiger partial charge >= 0.3 is 13.1 Å². The summed E-state index contributed by atoms with van der Waals surface area (Å²) >= 11 is 0. The van der Waals surface area contributed by atoms with Crippen LogP contribution in [-0.4, -0.2) is 47.1 Å². The van der Waals surface area contributed by atoms with E-state index in [0.29, 0.717) is 24.3 Å². The van der Waals surface area contributed by atoms with E-state index >= 15 is 0 Å². The van der Waals surface area contributed by atoms with E-state index in [4.69, 9.17) is 16.1 Å². The molecule has 3 rings (SSSR count). The Morgan fingerprint density at radius 2 is 1.97 bits per heavy atom. The minimum atomic E-state index is -1.29.